The SMILES string of the molecule is C/C=C/C=C/C#C/C=C/C=C/CCCOC(C)=O. The standard InChI is InChI=1S/C16H20O2/c1-3-4-5-6-7-8-9-10-11-12-13-14-15-18-16(2)17/h3-6,9-12H,13-15H2,1-2H3/b4-3+,6-5+,10-9+,12-11+. The first-order valence-corrected chi connectivity index (χ1v) is 6.01. The van der Waals surface area contributed by atoms with Gasteiger partial charge in [0.15, 0.2) is 0 Å². The van der Waals surface area contributed by atoms with Crippen molar-refractivity contribution >= 4 is 5.97 Å². The predicted molar refractivity (Wildman–Crippen MR) is 75.9 cm³/mol. The number of hydrogen-bond acceptors (Lipinski definition) is 2. The summed E-state index contributed by atoms with van der Waals surface area (Å²) in [4.78, 5) is 10.5. The maximum absolute atomic E-state index is 10.5. The highest BCUT2D eigenvalue weighted by Gasteiger charge is 1.89. The summed E-state index contributed by atoms with van der Waals surface area (Å²) >= 11 is 0. The third kappa shape index (κ3) is 14.0. The molecule has 0 saturated heterocycles. The van der Waals surface area contributed by atoms with Crippen LogP contribution in [0.4, 0.5) is 0 Å². The molecule has 0 bridgehead atoms. The van der Waals surface area contributed by atoms with Gasteiger partial charge < -0.3 is 4.74 Å². The number of carbonyl (C=O) groups is 1. The van der Waals surface area contributed by atoms with Crippen molar-refractivity contribution in [1.82, 2.24) is 0 Å². The number of unbranched alkanes of at least 4 members (excludes halogenated alkanes) is 1. The van der Waals surface area contributed by atoms with Crippen LogP contribution in [0.25, 0.3) is 0 Å². The van der Waals surface area contributed by atoms with Gasteiger partial charge in [0.1, 0.15) is 0 Å². The van der Waals surface area contributed by atoms with Crippen molar-refractivity contribution in [2.45, 2.75) is 26.7 Å². The van der Waals surface area contributed by atoms with E-state index in [2.05, 4.69) is 11.8 Å². The summed E-state index contributed by atoms with van der Waals surface area (Å²) in [6.07, 6.45) is 17.0. The average molecular weight is 244 g/mol. The summed E-state index contributed by atoms with van der Waals surface area (Å²) in [5.41, 5.74) is 0. The molecule has 0 N–H and O–H groups in total. The van der Waals surface area contributed by atoms with Gasteiger partial charge in [0.2, 0.25) is 0 Å². The lowest BCUT2D eigenvalue weighted by molar-refractivity contribution is -0.141. The van der Waals surface area contributed by atoms with E-state index in [-0.39, 0.29) is 5.97 Å². The van der Waals surface area contributed by atoms with Gasteiger partial charge in [0, 0.05) is 6.92 Å². The summed E-state index contributed by atoms with van der Waals surface area (Å²) in [6, 6.07) is 0. The first-order chi connectivity index (χ1) is 8.77. The Balaban J connectivity index is 3.59. The molecule has 0 amide bonds. The lowest BCUT2D eigenvalue weighted by Gasteiger charge is -1.97. The number of hydrogen-bond donors (Lipinski definition) is 0. The fourth-order valence-corrected chi connectivity index (χ4v) is 1.01. The van der Waals surface area contributed by atoms with Crippen LogP contribution in [-0.2, 0) is 9.53 Å². The van der Waals surface area contributed by atoms with E-state index in [1.807, 2.05) is 43.4 Å². The molecule has 0 rings (SSSR count). The quantitative estimate of drug-likeness (QED) is 0.309. The fourth-order valence-electron chi connectivity index (χ4n) is 1.01. The van der Waals surface area contributed by atoms with Gasteiger partial charge in [-0.3, -0.25) is 4.79 Å². The Morgan fingerprint density at radius 1 is 1.11 bits per heavy atom. The summed E-state index contributed by atoms with van der Waals surface area (Å²) in [6.45, 7) is 3.87. The van der Waals surface area contributed by atoms with Gasteiger partial charge in [-0.15, -0.1) is 0 Å². The van der Waals surface area contributed by atoms with Crippen LogP contribution in [0.1, 0.15) is 26.7 Å². The predicted octanol–water partition coefficient (Wildman–Crippen LogP) is 3.58. The molecule has 18 heavy (non-hydrogen) atoms. The van der Waals surface area contributed by atoms with Gasteiger partial charge in [0.25, 0.3) is 0 Å². The van der Waals surface area contributed by atoms with Gasteiger partial charge in [-0.2, -0.15) is 0 Å². The monoisotopic (exact) mass is 244 g/mol. The fraction of sp³-hybridized carbons (Fsp3) is 0.312. The molecule has 0 heterocycles. The third-order valence-corrected chi connectivity index (χ3v) is 1.81. The summed E-state index contributed by atoms with van der Waals surface area (Å²) < 4.78 is 4.81. The number of ether oxygens (including phenoxy) is 1. The molecule has 0 radical (unpaired) electrons. The Hall–Kier alpha value is -2.01. The van der Waals surface area contributed by atoms with E-state index in [0.29, 0.717) is 6.61 Å². The molecule has 0 spiro atoms. The molecule has 0 aliphatic carbocycles. The van der Waals surface area contributed by atoms with E-state index in [1.54, 1.807) is 12.2 Å². The maximum Gasteiger partial charge on any atom is 0.302 e. The van der Waals surface area contributed by atoms with Gasteiger partial charge in [-0.1, -0.05) is 48.3 Å². The van der Waals surface area contributed by atoms with Gasteiger partial charge in [-0.05, 0) is 31.9 Å². The molecule has 0 aromatic rings. The van der Waals surface area contributed by atoms with Crippen molar-refractivity contribution in [2.24, 2.45) is 0 Å². The van der Waals surface area contributed by atoms with Crippen molar-refractivity contribution in [3.8, 4) is 11.8 Å². The van der Waals surface area contributed by atoms with Gasteiger partial charge >= 0.3 is 5.97 Å². The first kappa shape index (κ1) is 16.0. The topological polar surface area (TPSA) is 26.3 Å². The molecule has 96 valence electrons. The van der Waals surface area contributed by atoms with Crippen molar-refractivity contribution in [3.63, 3.8) is 0 Å². The molecule has 2 nitrogen and oxygen atoms in total. The number of carbonyl (C=O) groups excluding carboxylic acids is 1. The first-order valence-electron chi connectivity index (χ1n) is 6.01. The van der Waals surface area contributed by atoms with Crippen LogP contribution in [0.3, 0.4) is 0 Å². The number of allylic oxidation sites excluding steroid dienone is 8. The second-order valence-corrected chi connectivity index (χ2v) is 3.44. The number of rotatable bonds is 6. The molecule has 0 aliphatic rings. The van der Waals surface area contributed by atoms with Crippen molar-refractivity contribution in [3.05, 3.63) is 48.6 Å². The Labute approximate surface area is 110 Å². The summed E-state index contributed by atoms with van der Waals surface area (Å²) in [5, 5.41) is 0. The Morgan fingerprint density at radius 3 is 2.39 bits per heavy atom. The second-order valence-electron chi connectivity index (χ2n) is 3.44. The highest BCUT2D eigenvalue weighted by Crippen LogP contribution is 1.92. The van der Waals surface area contributed by atoms with Gasteiger partial charge in [-0.25, -0.2) is 0 Å². The zero-order chi connectivity index (χ0) is 13.5. The van der Waals surface area contributed by atoms with Crippen LogP contribution in [0.5, 0.6) is 0 Å². The molecule has 0 aromatic carbocycles. The molecule has 0 aliphatic heterocycles. The van der Waals surface area contributed by atoms with E-state index in [4.69, 9.17) is 4.74 Å². The van der Waals surface area contributed by atoms with Crippen LogP contribution in [-0.4, -0.2) is 12.6 Å². The molecule has 0 saturated carbocycles. The lowest BCUT2D eigenvalue weighted by atomic mass is 10.3. The molecule has 0 aromatic heterocycles. The zero-order valence-electron chi connectivity index (χ0n) is 11.1. The molecule has 2 heteroatoms. The Bertz CT molecular complexity index is 387. The van der Waals surface area contributed by atoms with E-state index in [1.165, 1.54) is 6.92 Å². The number of esters is 1. The van der Waals surface area contributed by atoms with Crippen LogP contribution in [0.2, 0.25) is 0 Å². The molecular formula is C16H20O2. The molecule has 0 unspecified atom stereocenters. The normalized spacial score (nSPS) is 11.4. The molecular weight excluding hydrogens is 224 g/mol. The lowest BCUT2D eigenvalue weighted by Crippen LogP contribution is -1.99. The largest absolute Gasteiger partial charge is 0.466 e. The third-order valence-electron chi connectivity index (χ3n) is 1.81. The maximum atomic E-state index is 10.5. The van der Waals surface area contributed by atoms with E-state index in [0.717, 1.165) is 12.8 Å². The summed E-state index contributed by atoms with van der Waals surface area (Å²) in [7, 11) is 0. The highest BCUT2D eigenvalue weighted by atomic mass is 16.5. The van der Waals surface area contributed by atoms with Crippen molar-refractivity contribution in [1.29, 1.82) is 0 Å². The zero-order valence-corrected chi connectivity index (χ0v) is 11.1. The van der Waals surface area contributed by atoms with Crippen molar-refractivity contribution < 1.29 is 9.53 Å². The van der Waals surface area contributed by atoms with Crippen molar-refractivity contribution in [2.75, 3.05) is 6.61 Å². The van der Waals surface area contributed by atoms with Crippen LogP contribution in [0.15, 0.2) is 48.6 Å². The second kappa shape index (κ2) is 13.1. The molecule has 0 fully saturated rings. The Kier molecular flexibility index (Phi) is 11.6. The van der Waals surface area contributed by atoms with E-state index < -0.39 is 0 Å². The Morgan fingerprint density at radius 2 is 1.78 bits per heavy atom. The average Bonchev–Trinajstić information content (AvgIpc) is 2.34. The minimum absolute atomic E-state index is 0.222. The van der Waals surface area contributed by atoms with Gasteiger partial charge in [0.05, 0.1) is 6.61 Å². The van der Waals surface area contributed by atoms with E-state index >= 15 is 0 Å². The van der Waals surface area contributed by atoms with E-state index in [9.17, 15) is 4.79 Å². The summed E-state index contributed by atoms with van der Waals surface area (Å²) in [5.74, 6) is 5.55. The van der Waals surface area contributed by atoms with Crippen LogP contribution >= 0.6 is 0 Å². The van der Waals surface area contributed by atoms with Crippen LogP contribution < -0.4 is 0 Å². The minimum Gasteiger partial charge on any atom is -0.466 e. The smallest absolute Gasteiger partial charge is 0.302 e. The van der Waals surface area contributed by atoms with Crippen LogP contribution in [0, 0.1) is 11.8 Å². The highest BCUT2D eigenvalue weighted by molar-refractivity contribution is 5.65. The minimum atomic E-state index is -0.222. The molecule has 0 atom stereocenters.